The molecule has 0 bridgehead atoms. The number of ketones is 1. The van der Waals surface area contributed by atoms with Crippen LogP contribution in [0.3, 0.4) is 0 Å². The van der Waals surface area contributed by atoms with E-state index in [9.17, 15) is 9.90 Å². The van der Waals surface area contributed by atoms with E-state index in [4.69, 9.17) is 14.2 Å². The maximum atomic E-state index is 12.4. The summed E-state index contributed by atoms with van der Waals surface area (Å²) in [5.41, 5.74) is 1.16. The fourth-order valence-corrected chi connectivity index (χ4v) is 3.08. The van der Waals surface area contributed by atoms with Gasteiger partial charge in [-0.2, -0.15) is 0 Å². The molecule has 0 atom stereocenters. The number of halogens is 1. The largest absolute Gasteiger partial charge is 0.508 e. The summed E-state index contributed by atoms with van der Waals surface area (Å²) in [4.78, 5) is 12.4. The first-order valence-electron chi connectivity index (χ1n) is 7.31. The van der Waals surface area contributed by atoms with Crippen LogP contribution in [0.15, 0.2) is 40.6 Å². The minimum Gasteiger partial charge on any atom is -0.508 e. The SMILES string of the molecule is CCOc1cc(/C=C2\Oc3cc(O)ccc3C2=O)cc(Br)c1OC. The van der Waals surface area contributed by atoms with Crippen molar-refractivity contribution >= 4 is 27.8 Å². The number of phenols is 1. The van der Waals surface area contributed by atoms with E-state index in [1.165, 1.54) is 12.1 Å². The Bertz CT molecular complexity index is 842. The summed E-state index contributed by atoms with van der Waals surface area (Å²) >= 11 is 3.44. The van der Waals surface area contributed by atoms with Gasteiger partial charge in [0, 0.05) is 6.07 Å². The van der Waals surface area contributed by atoms with Crippen LogP contribution < -0.4 is 14.2 Å². The highest BCUT2D eigenvalue weighted by Crippen LogP contribution is 2.39. The molecule has 0 saturated heterocycles. The van der Waals surface area contributed by atoms with Crippen molar-refractivity contribution < 1.29 is 24.1 Å². The molecule has 6 heteroatoms. The molecule has 1 aliphatic rings. The zero-order valence-corrected chi connectivity index (χ0v) is 14.7. The number of methoxy groups -OCH3 is 1. The number of rotatable bonds is 4. The molecule has 124 valence electrons. The van der Waals surface area contributed by atoms with Crippen LogP contribution in [-0.2, 0) is 0 Å². The average Bonchev–Trinajstić information content (AvgIpc) is 2.83. The molecule has 2 aromatic rings. The van der Waals surface area contributed by atoms with Crippen LogP contribution in [0.5, 0.6) is 23.0 Å². The molecule has 24 heavy (non-hydrogen) atoms. The zero-order valence-electron chi connectivity index (χ0n) is 13.1. The van der Waals surface area contributed by atoms with E-state index in [0.29, 0.717) is 33.9 Å². The van der Waals surface area contributed by atoms with E-state index in [2.05, 4.69) is 15.9 Å². The summed E-state index contributed by atoms with van der Waals surface area (Å²) in [5.74, 6) is 1.52. The summed E-state index contributed by atoms with van der Waals surface area (Å²) in [7, 11) is 1.56. The van der Waals surface area contributed by atoms with Gasteiger partial charge in [-0.3, -0.25) is 4.79 Å². The first kappa shape index (κ1) is 16.4. The van der Waals surface area contributed by atoms with Crippen LogP contribution in [0, 0.1) is 0 Å². The second-order valence-corrected chi connectivity index (χ2v) is 5.94. The summed E-state index contributed by atoms with van der Waals surface area (Å²) in [5, 5.41) is 9.50. The van der Waals surface area contributed by atoms with E-state index in [1.54, 1.807) is 25.3 Å². The minimum absolute atomic E-state index is 0.0497. The Balaban J connectivity index is 1.99. The number of fused-ring (bicyclic) bond motifs is 1. The van der Waals surface area contributed by atoms with E-state index in [-0.39, 0.29) is 17.3 Å². The average molecular weight is 391 g/mol. The highest BCUT2D eigenvalue weighted by molar-refractivity contribution is 9.10. The number of aromatic hydroxyl groups is 1. The van der Waals surface area contributed by atoms with Crippen LogP contribution in [0.2, 0.25) is 0 Å². The van der Waals surface area contributed by atoms with Gasteiger partial charge < -0.3 is 19.3 Å². The Morgan fingerprint density at radius 3 is 2.79 bits per heavy atom. The Morgan fingerprint density at radius 2 is 2.08 bits per heavy atom. The quantitative estimate of drug-likeness (QED) is 0.793. The molecule has 0 amide bonds. The third-order valence-electron chi connectivity index (χ3n) is 3.49. The molecule has 0 radical (unpaired) electrons. The molecule has 0 aromatic heterocycles. The van der Waals surface area contributed by atoms with Gasteiger partial charge in [0.05, 0.1) is 23.8 Å². The van der Waals surface area contributed by atoms with Crippen LogP contribution in [0.4, 0.5) is 0 Å². The maximum Gasteiger partial charge on any atom is 0.231 e. The predicted octanol–water partition coefficient (Wildman–Crippen LogP) is 4.18. The fraction of sp³-hybridized carbons (Fsp3) is 0.167. The maximum absolute atomic E-state index is 12.4. The van der Waals surface area contributed by atoms with Gasteiger partial charge in [-0.1, -0.05) is 0 Å². The molecule has 0 spiro atoms. The van der Waals surface area contributed by atoms with Gasteiger partial charge in [0.15, 0.2) is 17.3 Å². The molecule has 0 saturated carbocycles. The number of benzene rings is 2. The van der Waals surface area contributed by atoms with E-state index >= 15 is 0 Å². The van der Waals surface area contributed by atoms with Crippen molar-refractivity contribution in [3.8, 4) is 23.0 Å². The first-order valence-corrected chi connectivity index (χ1v) is 8.10. The topological polar surface area (TPSA) is 65.0 Å². The lowest BCUT2D eigenvalue weighted by atomic mass is 10.1. The zero-order chi connectivity index (χ0) is 17.3. The van der Waals surface area contributed by atoms with E-state index < -0.39 is 0 Å². The van der Waals surface area contributed by atoms with Crippen molar-refractivity contribution in [2.24, 2.45) is 0 Å². The second kappa shape index (κ2) is 6.57. The van der Waals surface area contributed by atoms with Gasteiger partial charge in [0.1, 0.15) is 11.5 Å². The van der Waals surface area contributed by atoms with Crippen molar-refractivity contribution in [1.82, 2.24) is 0 Å². The van der Waals surface area contributed by atoms with Crippen LogP contribution >= 0.6 is 15.9 Å². The number of phenolic OH excluding ortho intramolecular Hbond substituents is 1. The van der Waals surface area contributed by atoms with Gasteiger partial charge in [-0.25, -0.2) is 0 Å². The van der Waals surface area contributed by atoms with Gasteiger partial charge in [0.2, 0.25) is 5.78 Å². The molecular weight excluding hydrogens is 376 g/mol. The van der Waals surface area contributed by atoms with Crippen molar-refractivity contribution in [2.75, 3.05) is 13.7 Å². The number of hydrogen-bond acceptors (Lipinski definition) is 5. The summed E-state index contributed by atoms with van der Waals surface area (Å²) in [6, 6.07) is 8.01. The van der Waals surface area contributed by atoms with Crippen LogP contribution in [0.1, 0.15) is 22.8 Å². The highest BCUT2D eigenvalue weighted by Gasteiger charge is 2.27. The normalized spacial score (nSPS) is 14.5. The standard InChI is InChI=1S/C18H15BrO5/c1-3-23-16-8-10(6-13(19)18(16)22-2)7-15-17(21)12-5-4-11(20)9-14(12)24-15/h4-9,20H,3H2,1-2H3/b15-7-. The fourth-order valence-electron chi connectivity index (χ4n) is 2.46. The highest BCUT2D eigenvalue weighted by atomic mass is 79.9. The monoisotopic (exact) mass is 390 g/mol. The molecule has 1 N–H and O–H groups in total. The van der Waals surface area contributed by atoms with Crippen LogP contribution in [0.25, 0.3) is 6.08 Å². The van der Waals surface area contributed by atoms with Crippen LogP contribution in [-0.4, -0.2) is 24.6 Å². The molecule has 5 nitrogen and oxygen atoms in total. The lowest BCUT2D eigenvalue weighted by molar-refractivity contribution is 0.101. The number of allylic oxidation sites excluding steroid dienone is 1. The Labute approximate surface area is 147 Å². The molecule has 3 rings (SSSR count). The molecular formula is C18H15BrO5. The third kappa shape index (κ3) is 2.97. The third-order valence-corrected chi connectivity index (χ3v) is 4.08. The molecule has 0 unspecified atom stereocenters. The number of ether oxygens (including phenoxy) is 3. The first-order chi connectivity index (χ1) is 11.5. The number of Topliss-reactive ketones (excluding diaryl/α,β-unsaturated/α-hetero) is 1. The molecule has 1 heterocycles. The van der Waals surface area contributed by atoms with Gasteiger partial charge in [-0.15, -0.1) is 0 Å². The number of hydrogen-bond donors (Lipinski definition) is 1. The number of carbonyl (C=O) groups is 1. The van der Waals surface area contributed by atoms with Gasteiger partial charge in [0.25, 0.3) is 0 Å². The minimum atomic E-state index is -0.227. The smallest absolute Gasteiger partial charge is 0.231 e. The van der Waals surface area contributed by atoms with Crippen molar-refractivity contribution in [3.63, 3.8) is 0 Å². The summed E-state index contributed by atoms with van der Waals surface area (Å²) in [6.07, 6.45) is 1.63. The van der Waals surface area contributed by atoms with Crippen molar-refractivity contribution in [2.45, 2.75) is 6.92 Å². The van der Waals surface area contributed by atoms with E-state index in [1.807, 2.05) is 13.0 Å². The lowest BCUT2D eigenvalue weighted by Gasteiger charge is -2.12. The summed E-state index contributed by atoms with van der Waals surface area (Å²) < 4.78 is 17.2. The van der Waals surface area contributed by atoms with E-state index in [0.717, 1.165) is 5.56 Å². The number of carbonyl (C=O) groups excluding carboxylic acids is 1. The molecule has 0 fully saturated rings. The van der Waals surface area contributed by atoms with Gasteiger partial charge in [-0.05, 0) is 58.8 Å². The Hall–Kier alpha value is -2.47. The van der Waals surface area contributed by atoms with Crippen molar-refractivity contribution in [1.29, 1.82) is 0 Å². The molecule has 1 aliphatic heterocycles. The lowest BCUT2D eigenvalue weighted by Crippen LogP contribution is -1.99. The molecule has 2 aromatic carbocycles. The predicted molar refractivity (Wildman–Crippen MR) is 92.9 cm³/mol. The Morgan fingerprint density at radius 1 is 1.29 bits per heavy atom. The second-order valence-electron chi connectivity index (χ2n) is 5.09. The summed E-state index contributed by atoms with van der Waals surface area (Å²) in [6.45, 7) is 2.37. The van der Waals surface area contributed by atoms with Crippen molar-refractivity contribution in [3.05, 3.63) is 51.7 Å². The van der Waals surface area contributed by atoms with Gasteiger partial charge >= 0.3 is 0 Å². The Kier molecular flexibility index (Phi) is 4.49. The molecule has 0 aliphatic carbocycles.